The number of carbonyl (C=O) groups is 1. The summed E-state index contributed by atoms with van der Waals surface area (Å²) >= 11 is 6.07. The van der Waals surface area contributed by atoms with Gasteiger partial charge in [-0.15, -0.1) is 0 Å². The molecule has 1 heterocycles. The number of amides is 1. The van der Waals surface area contributed by atoms with E-state index < -0.39 is 5.41 Å². The van der Waals surface area contributed by atoms with E-state index in [0.29, 0.717) is 23.3 Å². The van der Waals surface area contributed by atoms with Crippen LogP contribution in [0.3, 0.4) is 0 Å². The number of rotatable bonds is 5. The number of para-hydroxylation sites is 1. The average Bonchev–Trinajstić information content (AvgIpc) is 2.49. The van der Waals surface area contributed by atoms with Gasteiger partial charge in [-0.25, -0.2) is 0 Å². The van der Waals surface area contributed by atoms with Crippen molar-refractivity contribution in [2.45, 2.75) is 33.2 Å². The monoisotopic (exact) mass is 324 g/mol. The lowest BCUT2D eigenvalue weighted by molar-refractivity contribution is -0.132. The normalized spacial score (nSPS) is 22.2. The van der Waals surface area contributed by atoms with Crippen molar-refractivity contribution in [2.75, 3.05) is 19.7 Å². The molecule has 2 N–H and O–H groups in total. The van der Waals surface area contributed by atoms with Crippen molar-refractivity contribution < 1.29 is 9.53 Å². The summed E-state index contributed by atoms with van der Waals surface area (Å²) in [6, 6.07) is 7.54. The molecule has 0 bridgehead atoms. The third-order valence-corrected chi connectivity index (χ3v) is 4.45. The molecule has 122 valence electrons. The van der Waals surface area contributed by atoms with Crippen LogP contribution in [0.2, 0.25) is 5.02 Å². The van der Waals surface area contributed by atoms with Crippen LogP contribution >= 0.6 is 11.6 Å². The van der Waals surface area contributed by atoms with E-state index in [1.54, 1.807) is 6.07 Å². The summed E-state index contributed by atoms with van der Waals surface area (Å²) in [6.45, 7) is 8.13. The number of hydrogen-bond donors (Lipinski definition) is 2. The van der Waals surface area contributed by atoms with Gasteiger partial charge in [-0.05, 0) is 51.4 Å². The van der Waals surface area contributed by atoms with Crippen LogP contribution in [0.5, 0.6) is 5.75 Å². The molecule has 5 heteroatoms. The molecule has 2 rings (SSSR count). The fourth-order valence-corrected chi connectivity index (χ4v) is 2.67. The molecule has 0 radical (unpaired) electrons. The maximum absolute atomic E-state index is 12.5. The van der Waals surface area contributed by atoms with Crippen molar-refractivity contribution in [1.82, 2.24) is 10.6 Å². The molecule has 0 aliphatic carbocycles. The summed E-state index contributed by atoms with van der Waals surface area (Å²) in [6.07, 6.45) is 0.967. The summed E-state index contributed by atoms with van der Waals surface area (Å²) in [4.78, 5) is 12.5. The summed E-state index contributed by atoms with van der Waals surface area (Å²) in [5.41, 5.74) is -0.607. The summed E-state index contributed by atoms with van der Waals surface area (Å²) in [5.74, 6) is 1.08. The van der Waals surface area contributed by atoms with E-state index in [2.05, 4.69) is 17.6 Å². The van der Waals surface area contributed by atoms with Gasteiger partial charge in [-0.1, -0.05) is 30.7 Å². The van der Waals surface area contributed by atoms with Crippen LogP contribution in [0.4, 0.5) is 0 Å². The lowest BCUT2D eigenvalue weighted by Crippen LogP contribution is -2.52. The van der Waals surface area contributed by atoms with Crippen LogP contribution in [0.25, 0.3) is 0 Å². The molecule has 1 aromatic rings. The summed E-state index contributed by atoms with van der Waals surface area (Å²) in [5, 5.41) is 7.07. The van der Waals surface area contributed by atoms with Gasteiger partial charge in [0.25, 0.3) is 0 Å². The fraction of sp³-hybridized carbons (Fsp3) is 0.588. The number of hydrogen-bond acceptors (Lipinski definition) is 3. The summed E-state index contributed by atoms with van der Waals surface area (Å²) in [7, 11) is 0. The SMILES string of the molecule is C[C@H]1CNCC[C@@H]1NC(=O)C(C)(C)COc1ccccc1Cl. The van der Waals surface area contributed by atoms with E-state index in [1.807, 2.05) is 32.0 Å². The highest BCUT2D eigenvalue weighted by Crippen LogP contribution is 2.26. The first-order chi connectivity index (χ1) is 10.4. The Bertz CT molecular complexity index is 519. The van der Waals surface area contributed by atoms with Gasteiger partial charge in [0.1, 0.15) is 12.4 Å². The second-order valence-corrected chi connectivity index (χ2v) is 7.06. The first kappa shape index (κ1) is 17.1. The predicted octanol–water partition coefficient (Wildman–Crippen LogP) is 2.86. The Kier molecular flexibility index (Phi) is 5.70. The molecule has 0 aromatic heterocycles. The molecule has 1 saturated heterocycles. The number of piperidine rings is 1. The van der Waals surface area contributed by atoms with E-state index in [9.17, 15) is 4.79 Å². The Balaban J connectivity index is 1.91. The van der Waals surface area contributed by atoms with Gasteiger partial charge in [-0.3, -0.25) is 4.79 Å². The Labute approximate surface area is 137 Å². The second-order valence-electron chi connectivity index (χ2n) is 6.65. The van der Waals surface area contributed by atoms with Crippen molar-refractivity contribution in [1.29, 1.82) is 0 Å². The van der Waals surface area contributed by atoms with Gasteiger partial charge in [-0.2, -0.15) is 0 Å². The minimum absolute atomic E-state index is 0.0262. The predicted molar refractivity (Wildman–Crippen MR) is 89.3 cm³/mol. The molecule has 0 saturated carbocycles. The molecule has 1 aromatic carbocycles. The molecular formula is C17H25ClN2O2. The van der Waals surface area contributed by atoms with Crippen molar-refractivity contribution in [3.05, 3.63) is 29.3 Å². The Morgan fingerprint density at radius 1 is 1.45 bits per heavy atom. The number of carbonyl (C=O) groups excluding carboxylic acids is 1. The van der Waals surface area contributed by atoms with E-state index >= 15 is 0 Å². The van der Waals surface area contributed by atoms with Crippen molar-refractivity contribution in [2.24, 2.45) is 11.3 Å². The largest absolute Gasteiger partial charge is 0.491 e. The van der Waals surface area contributed by atoms with Crippen LogP contribution in [0, 0.1) is 11.3 Å². The minimum Gasteiger partial charge on any atom is -0.491 e. The molecule has 1 fully saturated rings. The second kappa shape index (κ2) is 7.34. The van der Waals surface area contributed by atoms with Crippen molar-refractivity contribution in [3.63, 3.8) is 0 Å². The van der Waals surface area contributed by atoms with Gasteiger partial charge < -0.3 is 15.4 Å². The van der Waals surface area contributed by atoms with Crippen LogP contribution in [0.1, 0.15) is 27.2 Å². The van der Waals surface area contributed by atoms with Crippen LogP contribution < -0.4 is 15.4 Å². The molecule has 22 heavy (non-hydrogen) atoms. The van der Waals surface area contributed by atoms with E-state index in [0.717, 1.165) is 19.5 Å². The Hall–Kier alpha value is -1.26. The molecule has 1 aliphatic rings. The molecule has 0 spiro atoms. The van der Waals surface area contributed by atoms with Gasteiger partial charge in [0, 0.05) is 6.04 Å². The third-order valence-electron chi connectivity index (χ3n) is 4.14. The van der Waals surface area contributed by atoms with E-state index in [-0.39, 0.29) is 11.9 Å². The van der Waals surface area contributed by atoms with E-state index in [1.165, 1.54) is 0 Å². The Morgan fingerprint density at radius 3 is 2.86 bits per heavy atom. The zero-order chi connectivity index (χ0) is 16.2. The maximum Gasteiger partial charge on any atom is 0.229 e. The number of ether oxygens (including phenoxy) is 1. The highest BCUT2D eigenvalue weighted by Gasteiger charge is 2.32. The quantitative estimate of drug-likeness (QED) is 0.875. The topological polar surface area (TPSA) is 50.4 Å². The van der Waals surface area contributed by atoms with Gasteiger partial charge in [0.15, 0.2) is 0 Å². The zero-order valence-corrected chi connectivity index (χ0v) is 14.2. The smallest absolute Gasteiger partial charge is 0.229 e. The maximum atomic E-state index is 12.5. The highest BCUT2D eigenvalue weighted by molar-refractivity contribution is 6.32. The van der Waals surface area contributed by atoms with Gasteiger partial charge in [0.2, 0.25) is 5.91 Å². The van der Waals surface area contributed by atoms with Gasteiger partial charge in [0.05, 0.1) is 10.4 Å². The van der Waals surface area contributed by atoms with Crippen LogP contribution in [0.15, 0.2) is 24.3 Å². The van der Waals surface area contributed by atoms with Crippen molar-refractivity contribution in [3.8, 4) is 5.75 Å². The van der Waals surface area contributed by atoms with Crippen molar-refractivity contribution >= 4 is 17.5 Å². The zero-order valence-electron chi connectivity index (χ0n) is 13.5. The fourth-order valence-electron chi connectivity index (χ4n) is 2.48. The number of nitrogens with one attached hydrogen (secondary N) is 2. The Morgan fingerprint density at radius 2 is 2.18 bits per heavy atom. The standard InChI is InChI=1S/C17H25ClN2O2/c1-12-10-19-9-8-14(12)20-16(21)17(2,3)11-22-15-7-5-4-6-13(15)18/h4-7,12,14,19H,8-11H2,1-3H3,(H,20,21)/t12-,14-/m0/s1. The van der Waals surface area contributed by atoms with Crippen LogP contribution in [-0.4, -0.2) is 31.6 Å². The van der Waals surface area contributed by atoms with E-state index in [4.69, 9.17) is 16.3 Å². The number of benzene rings is 1. The lowest BCUT2D eigenvalue weighted by Gasteiger charge is -2.33. The lowest BCUT2D eigenvalue weighted by atomic mass is 9.90. The first-order valence-corrected chi connectivity index (χ1v) is 8.17. The molecule has 0 unspecified atom stereocenters. The molecular weight excluding hydrogens is 300 g/mol. The number of halogens is 1. The molecule has 2 atom stereocenters. The van der Waals surface area contributed by atoms with Crippen LogP contribution in [-0.2, 0) is 4.79 Å². The van der Waals surface area contributed by atoms with Gasteiger partial charge >= 0.3 is 0 Å². The molecule has 4 nitrogen and oxygen atoms in total. The molecule has 1 aliphatic heterocycles. The summed E-state index contributed by atoms with van der Waals surface area (Å²) < 4.78 is 5.73. The minimum atomic E-state index is -0.607. The first-order valence-electron chi connectivity index (χ1n) is 7.79. The highest BCUT2D eigenvalue weighted by atomic mass is 35.5. The average molecular weight is 325 g/mol. The molecule has 1 amide bonds. The third kappa shape index (κ3) is 4.37.